The average Bonchev–Trinajstić information content (AvgIpc) is 3.17. The summed E-state index contributed by atoms with van der Waals surface area (Å²) in [7, 11) is 0. The zero-order chi connectivity index (χ0) is 13.9. The molecule has 0 bridgehead atoms. The molecule has 1 unspecified atom stereocenters. The third kappa shape index (κ3) is 3.15. The molecule has 0 aliphatic heterocycles. The lowest BCUT2D eigenvalue weighted by Gasteiger charge is -2.14. The molecule has 2 aromatic rings. The van der Waals surface area contributed by atoms with Gasteiger partial charge in [-0.3, -0.25) is 9.55 Å². The third-order valence-corrected chi connectivity index (χ3v) is 3.79. The summed E-state index contributed by atoms with van der Waals surface area (Å²) in [6, 6.07) is 0.434. The van der Waals surface area contributed by atoms with Crippen molar-refractivity contribution in [3.63, 3.8) is 0 Å². The zero-order valence-corrected chi connectivity index (χ0v) is 12.1. The Balaban J connectivity index is 1.66. The van der Waals surface area contributed by atoms with E-state index in [0.29, 0.717) is 6.04 Å². The lowest BCUT2D eigenvalue weighted by molar-refractivity contribution is 0.608. The second kappa shape index (κ2) is 5.61. The van der Waals surface area contributed by atoms with Crippen LogP contribution in [0.3, 0.4) is 0 Å². The van der Waals surface area contributed by atoms with Gasteiger partial charge in [-0.2, -0.15) is 0 Å². The summed E-state index contributed by atoms with van der Waals surface area (Å²) >= 11 is 0. The predicted octanol–water partition coefficient (Wildman–Crippen LogP) is 2.96. The van der Waals surface area contributed by atoms with E-state index in [1.807, 2.05) is 17.7 Å². The molecular weight excluding hydrogens is 250 g/mol. The first-order valence-corrected chi connectivity index (χ1v) is 7.31. The maximum absolute atomic E-state index is 4.61. The molecule has 1 aliphatic carbocycles. The molecule has 0 radical (unpaired) electrons. The van der Waals surface area contributed by atoms with Crippen molar-refractivity contribution in [2.45, 2.75) is 45.6 Å². The van der Waals surface area contributed by atoms with Crippen molar-refractivity contribution in [3.8, 4) is 5.82 Å². The molecule has 3 rings (SSSR count). The number of hydrogen-bond acceptors (Lipinski definition) is 4. The van der Waals surface area contributed by atoms with Crippen molar-refractivity contribution in [1.82, 2.24) is 19.5 Å². The Morgan fingerprint density at radius 1 is 1.40 bits per heavy atom. The highest BCUT2D eigenvalue weighted by Crippen LogP contribution is 2.34. The lowest BCUT2D eigenvalue weighted by Crippen LogP contribution is -2.17. The highest BCUT2D eigenvalue weighted by atomic mass is 15.2. The van der Waals surface area contributed by atoms with Crippen LogP contribution in [0.25, 0.3) is 5.82 Å². The minimum absolute atomic E-state index is 0.434. The van der Waals surface area contributed by atoms with Crippen molar-refractivity contribution in [2.75, 3.05) is 5.32 Å². The van der Waals surface area contributed by atoms with E-state index in [1.165, 1.54) is 25.7 Å². The van der Waals surface area contributed by atoms with E-state index in [2.05, 4.69) is 27.2 Å². The molecule has 2 aromatic heterocycles. The Hall–Kier alpha value is -1.91. The number of hydrogen-bond donors (Lipinski definition) is 1. The largest absolute Gasteiger partial charge is 0.366 e. The van der Waals surface area contributed by atoms with Crippen molar-refractivity contribution in [3.05, 3.63) is 30.6 Å². The van der Waals surface area contributed by atoms with Gasteiger partial charge in [0.2, 0.25) is 0 Å². The molecule has 20 heavy (non-hydrogen) atoms. The summed E-state index contributed by atoms with van der Waals surface area (Å²) in [6.45, 7) is 4.17. The Morgan fingerprint density at radius 3 is 2.95 bits per heavy atom. The molecule has 5 nitrogen and oxygen atoms in total. The molecule has 0 aromatic carbocycles. The first-order chi connectivity index (χ1) is 9.72. The highest BCUT2D eigenvalue weighted by molar-refractivity contribution is 5.37. The number of aromatic nitrogens is 4. The Bertz CT molecular complexity index is 573. The van der Waals surface area contributed by atoms with Crippen LogP contribution < -0.4 is 5.32 Å². The van der Waals surface area contributed by atoms with E-state index in [0.717, 1.165) is 23.4 Å². The Kier molecular flexibility index (Phi) is 3.67. The van der Waals surface area contributed by atoms with Gasteiger partial charge in [0.25, 0.3) is 0 Å². The van der Waals surface area contributed by atoms with Crippen LogP contribution in [0.2, 0.25) is 0 Å². The van der Waals surface area contributed by atoms with E-state index >= 15 is 0 Å². The van der Waals surface area contributed by atoms with E-state index in [9.17, 15) is 0 Å². The Labute approximate surface area is 119 Å². The van der Waals surface area contributed by atoms with Crippen LogP contribution >= 0.6 is 0 Å². The summed E-state index contributed by atoms with van der Waals surface area (Å²) in [5, 5.41) is 3.44. The summed E-state index contributed by atoms with van der Waals surface area (Å²) < 4.78 is 1.94. The number of nitrogens with one attached hydrogen (secondary N) is 1. The summed E-state index contributed by atoms with van der Waals surface area (Å²) in [4.78, 5) is 13.1. The van der Waals surface area contributed by atoms with E-state index in [4.69, 9.17) is 0 Å². The normalized spacial score (nSPS) is 16.1. The third-order valence-electron chi connectivity index (χ3n) is 3.79. The molecular formula is C15H21N5. The molecule has 5 heteroatoms. The van der Waals surface area contributed by atoms with Gasteiger partial charge in [-0.05, 0) is 32.6 Å². The van der Waals surface area contributed by atoms with Gasteiger partial charge in [0, 0.05) is 18.4 Å². The monoisotopic (exact) mass is 271 g/mol. The molecule has 1 saturated carbocycles. The first kappa shape index (κ1) is 13.1. The van der Waals surface area contributed by atoms with Gasteiger partial charge in [-0.1, -0.05) is 12.8 Å². The molecule has 2 heterocycles. The zero-order valence-electron chi connectivity index (χ0n) is 12.1. The van der Waals surface area contributed by atoms with Gasteiger partial charge < -0.3 is 5.32 Å². The SMILES string of the molecule is Cc1nccn1-c1cncc(NC(C)CCC2CC2)n1. The highest BCUT2D eigenvalue weighted by Gasteiger charge is 2.21. The molecule has 0 amide bonds. The van der Waals surface area contributed by atoms with Crippen LogP contribution in [0, 0.1) is 12.8 Å². The van der Waals surface area contributed by atoms with Crippen LogP contribution in [-0.2, 0) is 0 Å². The van der Waals surface area contributed by atoms with Crippen molar-refractivity contribution in [2.24, 2.45) is 5.92 Å². The van der Waals surface area contributed by atoms with Crippen LogP contribution in [0.4, 0.5) is 5.82 Å². The molecule has 1 fully saturated rings. The van der Waals surface area contributed by atoms with E-state index < -0.39 is 0 Å². The summed E-state index contributed by atoms with van der Waals surface area (Å²) in [5.74, 6) is 3.53. The molecule has 0 saturated heterocycles. The summed E-state index contributed by atoms with van der Waals surface area (Å²) in [5.41, 5.74) is 0. The van der Waals surface area contributed by atoms with Gasteiger partial charge in [-0.25, -0.2) is 9.97 Å². The summed E-state index contributed by atoms with van der Waals surface area (Å²) in [6.07, 6.45) is 12.6. The second-order valence-electron chi connectivity index (χ2n) is 5.67. The lowest BCUT2D eigenvalue weighted by atomic mass is 10.1. The van der Waals surface area contributed by atoms with Crippen LogP contribution in [-0.4, -0.2) is 25.6 Å². The van der Waals surface area contributed by atoms with E-state index in [1.54, 1.807) is 18.6 Å². The topological polar surface area (TPSA) is 55.6 Å². The predicted molar refractivity (Wildman–Crippen MR) is 78.9 cm³/mol. The second-order valence-corrected chi connectivity index (χ2v) is 5.67. The van der Waals surface area contributed by atoms with Crippen LogP contribution in [0.1, 0.15) is 38.4 Å². The van der Waals surface area contributed by atoms with E-state index in [-0.39, 0.29) is 0 Å². The molecule has 1 N–H and O–H groups in total. The van der Waals surface area contributed by atoms with Crippen molar-refractivity contribution >= 4 is 5.82 Å². The van der Waals surface area contributed by atoms with Gasteiger partial charge in [0.15, 0.2) is 5.82 Å². The van der Waals surface area contributed by atoms with Gasteiger partial charge >= 0.3 is 0 Å². The maximum atomic E-state index is 4.61. The maximum Gasteiger partial charge on any atom is 0.159 e. The molecule has 1 atom stereocenters. The van der Waals surface area contributed by atoms with Gasteiger partial charge in [-0.15, -0.1) is 0 Å². The quantitative estimate of drug-likeness (QED) is 0.877. The Morgan fingerprint density at radius 2 is 2.25 bits per heavy atom. The smallest absolute Gasteiger partial charge is 0.159 e. The number of nitrogens with zero attached hydrogens (tertiary/aromatic N) is 4. The number of aryl methyl sites for hydroxylation is 1. The fraction of sp³-hybridized carbons (Fsp3) is 0.533. The van der Waals surface area contributed by atoms with Crippen LogP contribution in [0.5, 0.6) is 0 Å². The number of rotatable bonds is 6. The minimum atomic E-state index is 0.434. The first-order valence-electron chi connectivity index (χ1n) is 7.31. The van der Waals surface area contributed by atoms with Gasteiger partial charge in [0.1, 0.15) is 11.6 Å². The average molecular weight is 271 g/mol. The fourth-order valence-corrected chi connectivity index (χ4v) is 2.38. The van der Waals surface area contributed by atoms with Gasteiger partial charge in [0.05, 0.1) is 12.4 Å². The minimum Gasteiger partial charge on any atom is -0.366 e. The standard InChI is InChI=1S/C15H21N5/c1-11(3-4-13-5-6-13)18-14-9-16-10-15(19-14)20-8-7-17-12(20)2/h7-11,13H,3-6H2,1-2H3,(H,18,19). The van der Waals surface area contributed by atoms with Crippen molar-refractivity contribution < 1.29 is 0 Å². The van der Waals surface area contributed by atoms with Crippen LogP contribution in [0.15, 0.2) is 24.8 Å². The molecule has 0 spiro atoms. The fourth-order valence-electron chi connectivity index (χ4n) is 2.38. The number of anilines is 1. The molecule has 106 valence electrons. The van der Waals surface area contributed by atoms with Crippen molar-refractivity contribution in [1.29, 1.82) is 0 Å². The molecule has 1 aliphatic rings. The number of imidazole rings is 1.